The van der Waals surface area contributed by atoms with E-state index >= 15 is 0 Å². The van der Waals surface area contributed by atoms with Crippen LogP contribution in [-0.2, 0) is 10.2 Å². The van der Waals surface area contributed by atoms with Gasteiger partial charge in [-0.2, -0.15) is 12.7 Å². The molecule has 0 aromatic carbocycles. The Morgan fingerprint density at radius 3 is 2.72 bits per heavy atom. The van der Waals surface area contributed by atoms with E-state index in [0.29, 0.717) is 19.6 Å². The van der Waals surface area contributed by atoms with E-state index in [9.17, 15) is 8.42 Å². The smallest absolute Gasteiger partial charge is 0.246 e. The minimum atomic E-state index is -3.30. The summed E-state index contributed by atoms with van der Waals surface area (Å²) in [5, 5.41) is 2.97. The highest BCUT2D eigenvalue weighted by atomic mass is 32.2. The Hall–Kier alpha value is -0.500. The van der Waals surface area contributed by atoms with Crippen molar-refractivity contribution >= 4 is 21.5 Å². The molecule has 2 rings (SSSR count). The van der Waals surface area contributed by atoms with E-state index in [1.54, 1.807) is 11.3 Å². The summed E-state index contributed by atoms with van der Waals surface area (Å²) in [5.74, 6) is 0.112. The molecule has 0 aliphatic carbocycles. The van der Waals surface area contributed by atoms with Gasteiger partial charge in [-0.1, -0.05) is 6.92 Å². The molecule has 1 aliphatic heterocycles. The zero-order valence-corrected chi connectivity index (χ0v) is 12.4. The van der Waals surface area contributed by atoms with E-state index in [2.05, 4.69) is 9.71 Å². The molecule has 0 radical (unpaired) electrons. The molecule has 1 atom stereocenters. The molecule has 102 valence electrons. The molecule has 1 aromatic heterocycles. The number of nitrogens with one attached hydrogen (secondary N) is 1. The summed E-state index contributed by atoms with van der Waals surface area (Å²) in [4.78, 5) is 4.38. The van der Waals surface area contributed by atoms with Crippen LogP contribution in [0.4, 0.5) is 0 Å². The van der Waals surface area contributed by atoms with E-state index in [0.717, 1.165) is 23.5 Å². The van der Waals surface area contributed by atoms with Crippen LogP contribution in [0.5, 0.6) is 0 Å². The topological polar surface area (TPSA) is 62.3 Å². The van der Waals surface area contributed by atoms with Crippen molar-refractivity contribution in [2.24, 2.45) is 0 Å². The van der Waals surface area contributed by atoms with Crippen LogP contribution >= 0.6 is 11.3 Å². The van der Waals surface area contributed by atoms with Gasteiger partial charge in [-0.3, -0.25) is 0 Å². The first-order chi connectivity index (χ1) is 8.49. The maximum absolute atomic E-state index is 12.0. The fraction of sp³-hybridized carbons (Fsp3) is 0.727. The maximum Gasteiger partial charge on any atom is 0.279 e. The highest BCUT2D eigenvalue weighted by Crippen LogP contribution is 2.19. The quantitative estimate of drug-likeness (QED) is 0.893. The van der Waals surface area contributed by atoms with Crippen molar-refractivity contribution < 1.29 is 8.42 Å². The third kappa shape index (κ3) is 3.28. The van der Waals surface area contributed by atoms with E-state index in [1.165, 1.54) is 4.31 Å². The molecule has 2 heterocycles. The lowest BCUT2D eigenvalue weighted by Crippen LogP contribution is -2.40. The van der Waals surface area contributed by atoms with Crippen LogP contribution in [0.3, 0.4) is 0 Å². The summed E-state index contributed by atoms with van der Waals surface area (Å²) in [7, 11) is -3.30. The van der Waals surface area contributed by atoms with E-state index < -0.39 is 10.2 Å². The zero-order chi connectivity index (χ0) is 13.2. The van der Waals surface area contributed by atoms with Crippen LogP contribution in [0.2, 0.25) is 0 Å². The largest absolute Gasteiger partial charge is 0.279 e. The molecule has 0 amide bonds. The fourth-order valence-electron chi connectivity index (χ4n) is 1.94. The molecule has 1 aromatic rings. The summed E-state index contributed by atoms with van der Waals surface area (Å²) in [6, 6.07) is 0. The van der Waals surface area contributed by atoms with Gasteiger partial charge in [0.05, 0.1) is 5.01 Å². The monoisotopic (exact) mass is 289 g/mol. The Balaban J connectivity index is 1.91. The molecule has 1 saturated heterocycles. The van der Waals surface area contributed by atoms with Crippen molar-refractivity contribution in [2.75, 3.05) is 19.6 Å². The second kappa shape index (κ2) is 5.64. The van der Waals surface area contributed by atoms with Crippen molar-refractivity contribution in [2.45, 2.75) is 32.6 Å². The highest BCUT2D eigenvalue weighted by molar-refractivity contribution is 7.87. The molecule has 1 fully saturated rings. The lowest BCUT2D eigenvalue weighted by molar-refractivity contribution is 0.462. The average molecular weight is 289 g/mol. The third-order valence-corrected chi connectivity index (χ3v) is 5.81. The molecule has 1 aliphatic rings. The molecular formula is C11H19N3O2S2. The van der Waals surface area contributed by atoms with Crippen LogP contribution in [0.1, 0.15) is 36.4 Å². The molecule has 7 heteroatoms. The minimum Gasteiger partial charge on any atom is -0.246 e. The van der Waals surface area contributed by atoms with Gasteiger partial charge < -0.3 is 0 Å². The van der Waals surface area contributed by atoms with Gasteiger partial charge in [0, 0.05) is 36.6 Å². The summed E-state index contributed by atoms with van der Waals surface area (Å²) < 4.78 is 28.1. The maximum atomic E-state index is 12.0. The van der Waals surface area contributed by atoms with E-state index in [1.807, 2.05) is 19.2 Å². The number of thiazole rings is 1. The predicted octanol–water partition coefficient (Wildman–Crippen LogP) is 1.49. The Kier molecular flexibility index (Phi) is 4.37. The van der Waals surface area contributed by atoms with Gasteiger partial charge in [0.15, 0.2) is 0 Å². The minimum absolute atomic E-state index is 0.112. The first-order valence-corrected chi connectivity index (χ1v) is 8.48. The van der Waals surface area contributed by atoms with Crippen LogP contribution in [0.15, 0.2) is 5.38 Å². The lowest BCUT2D eigenvalue weighted by Gasteiger charge is -2.17. The van der Waals surface area contributed by atoms with Crippen molar-refractivity contribution in [3.63, 3.8) is 0 Å². The average Bonchev–Trinajstić information content (AvgIpc) is 2.96. The Morgan fingerprint density at radius 2 is 2.17 bits per heavy atom. The lowest BCUT2D eigenvalue weighted by atomic mass is 10.2. The summed E-state index contributed by atoms with van der Waals surface area (Å²) >= 11 is 1.58. The van der Waals surface area contributed by atoms with Crippen molar-refractivity contribution in [1.82, 2.24) is 14.0 Å². The molecular weight excluding hydrogens is 270 g/mol. The van der Waals surface area contributed by atoms with Gasteiger partial charge >= 0.3 is 0 Å². The molecule has 0 spiro atoms. The second-order valence-electron chi connectivity index (χ2n) is 4.69. The molecule has 1 N–H and O–H groups in total. The van der Waals surface area contributed by atoms with Gasteiger partial charge in [0.2, 0.25) is 0 Å². The third-order valence-electron chi connectivity index (χ3n) is 3.04. The first kappa shape index (κ1) is 13.9. The molecule has 1 unspecified atom stereocenters. The summed E-state index contributed by atoms with van der Waals surface area (Å²) in [5.41, 5.74) is 0.990. The van der Waals surface area contributed by atoms with Crippen molar-refractivity contribution in [3.05, 3.63) is 16.1 Å². The van der Waals surface area contributed by atoms with Gasteiger partial charge in [-0.25, -0.2) is 9.71 Å². The van der Waals surface area contributed by atoms with Crippen LogP contribution in [0.25, 0.3) is 0 Å². The number of rotatable bonds is 5. The van der Waals surface area contributed by atoms with Crippen LogP contribution in [-0.4, -0.2) is 37.3 Å². The zero-order valence-electron chi connectivity index (χ0n) is 10.7. The Labute approximate surface area is 112 Å². The predicted molar refractivity (Wildman–Crippen MR) is 73.0 cm³/mol. The highest BCUT2D eigenvalue weighted by Gasteiger charge is 2.25. The molecule has 0 saturated carbocycles. The molecule has 18 heavy (non-hydrogen) atoms. The number of aryl methyl sites for hydroxylation is 1. The van der Waals surface area contributed by atoms with Crippen molar-refractivity contribution in [3.8, 4) is 0 Å². The van der Waals surface area contributed by atoms with Crippen LogP contribution < -0.4 is 4.72 Å². The van der Waals surface area contributed by atoms with E-state index in [4.69, 9.17) is 0 Å². The summed E-state index contributed by atoms with van der Waals surface area (Å²) in [6.07, 6.45) is 1.92. The van der Waals surface area contributed by atoms with Gasteiger partial charge in [-0.15, -0.1) is 11.3 Å². The van der Waals surface area contributed by atoms with Gasteiger partial charge in [0.25, 0.3) is 10.2 Å². The molecule has 5 nitrogen and oxygen atoms in total. The van der Waals surface area contributed by atoms with Crippen molar-refractivity contribution in [1.29, 1.82) is 0 Å². The number of nitrogens with zero attached hydrogens (tertiary/aromatic N) is 2. The summed E-state index contributed by atoms with van der Waals surface area (Å²) in [6.45, 7) is 5.62. The van der Waals surface area contributed by atoms with Gasteiger partial charge in [0.1, 0.15) is 0 Å². The Bertz CT molecular complexity index is 492. The fourth-order valence-corrected chi connectivity index (χ4v) is 4.17. The number of hydrogen-bond donors (Lipinski definition) is 1. The SMILES string of the molecule is Cc1csc(C(C)CNS(=O)(=O)N2CCCC2)n1. The second-order valence-corrected chi connectivity index (χ2v) is 7.33. The van der Waals surface area contributed by atoms with E-state index in [-0.39, 0.29) is 5.92 Å². The number of aromatic nitrogens is 1. The standard InChI is InChI=1S/C11H19N3O2S2/c1-9(11-13-10(2)8-17-11)7-12-18(15,16)14-5-3-4-6-14/h8-9,12H,3-7H2,1-2H3. The number of hydrogen-bond acceptors (Lipinski definition) is 4. The van der Waals surface area contributed by atoms with Gasteiger partial charge in [-0.05, 0) is 19.8 Å². The normalized spacial score (nSPS) is 19.2. The molecule has 0 bridgehead atoms. The first-order valence-electron chi connectivity index (χ1n) is 6.16. The van der Waals surface area contributed by atoms with Crippen LogP contribution in [0, 0.1) is 6.92 Å². The Morgan fingerprint density at radius 1 is 1.50 bits per heavy atom.